The summed E-state index contributed by atoms with van der Waals surface area (Å²) >= 11 is 3.39. The first-order valence-corrected chi connectivity index (χ1v) is 9.71. The number of esters is 1. The van der Waals surface area contributed by atoms with Crippen molar-refractivity contribution in [1.82, 2.24) is 4.72 Å². The second-order valence-electron chi connectivity index (χ2n) is 5.08. The average Bonchev–Trinajstić information content (AvgIpc) is 2.61. The number of rotatable bonds is 8. The highest BCUT2D eigenvalue weighted by atomic mass is 79.9. The molecule has 0 aromatic heterocycles. The van der Waals surface area contributed by atoms with Crippen molar-refractivity contribution in [3.05, 3.63) is 64.1 Å². The first kappa shape index (κ1) is 19.6. The minimum Gasteiger partial charge on any atom is -0.457 e. The first-order valence-electron chi connectivity index (χ1n) is 7.43. The molecule has 2 aromatic rings. The third-order valence-electron chi connectivity index (χ3n) is 3.32. The predicted octanol–water partition coefficient (Wildman–Crippen LogP) is 2.73. The van der Waals surface area contributed by atoms with Crippen LogP contribution in [0.4, 0.5) is 0 Å². The lowest BCUT2D eigenvalue weighted by Gasteiger charge is -2.08. The zero-order valence-electron chi connectivity index (χ0n) is 13.6. The van der Waals surface area contributed by atoms with Gasteiger partial charge in [-0.15, -0.1) is 0 Å². The Labute approximate surface area is 155 Å². The largest absolute Gasteiger partial charge is 0.457 e. The van der Waals surface area contributed by atoms with Crippen LogP contribution in [0.1, 0.15) is 15.9 Å². The van der Waals surface area contributed by atoms with E-state index in [1.807, 2.05) is 24.3 Å². The highest BCUT2D eigenvalue weighted by molar-refractivity contribution is 9.10. The van der Waals surface area contributed by atoms with Gasteiger partial charge >= 0.3 is 5.97 Å². The lowest BCUT2D eigenvalue weighted by Crippen LogP contribution is -2.27. The minimum atomic E-state index is -3.62. The number of benzene rings is 2. The molecule has 0 aliphatic rings. The predicted molar refractivity (Wildman–Crippen MR) is 96.8 cm³/mol. The van der Waals surface area contributed by atoms with E-state index < -0.39 is 16.0 Å². The zero-order chi connectivity index (χ0) is 18.3. The van der Waals surface area contributed by atoms with Gasteiger partial charge in [-0.05, 0) is 30.3 Å². The van der Waals surface area contributed by atoms with Gasteiger partial charge in [-0.1, -0.05) is 34.1 Å². The lowest BCUT2D eigenvalue weighted by atomic mass is 10.2. The van der Waals surface area contributed by atoms with Crippen LogP contribution in [0.2, 0.25) is 0 Å². The van der Waals surface area contributed by atoms with E-state index in [1.165, 1.54) is 31.4 Å². The maximum Gasteiger partial charge on any atom is 0.338 e. The van der Waals surface area contributed by atoms with Gasteiger partial charge in [0.2, 0.25) is 10.0 Å². The third-order valence-corrected chi connectivity index (χ3v) is 5.57. The van der Waals surface area contributed by atoms with Crippen LogP contribution in [0.25, 0.3) is 0 Å². The summed E-state index contributed by atoms with van der Waals surface area (Å²) in [5.41, 5.74) is 1.13. The Morgan fingerprint density at radius 2 is 1.80 bits per heavy atom. The molecule has 0 spiro atoms. The van der Waals surface area contributed by atoms with Crippen LogP contribution in [-0.4, -0.2) is 34.6 Å². The molecule has 0 aliphatic carbocycles. The van der Waals surface area contributed by atoms with Crippen molar-refractivity contribution >= 4 is 31.9 Å². The minimum absolute atomic E-state index is 0.0750. The van der Waals surface area contributed by atoms with Crippen molar-refractivity contribution in [2.24, 2.45) is 0 Å². The molecule has 2 rings (SSSR count). The van der Waals surface area contributed by atoms with Crippen LogP contribution >= 0.6 is 15.9 Å². The second kappa shape index (κ2) is 9.10. The van der Waals surface area contributed by atoms with Gasteiger partial charge in [0.05, 0.1) is 17.1 Å². The Bertz CT molecular complexity index is 821. The number of hydrogen-bond donors (Lipinski definition) is 1. The molecule has 6 nitrogen and oxygen atoms in total. The van der Waals surface area contributed by atoms with Gasteiger partial charge in [0, 0.05) is 23.7 Å². The molecule has 2 aromatic carbocycles. The molecule has 0 unspecified atom stereocenters. The number of nitrogens with one attached hydrogen (secondary N) is 1. The van der Waals surface area contributed by atoms with E-state index in [2.05, 4.69) is 20.7 Å². The molecular formula is C17H18BrNO5S. The Morgan fingerprint density at radius 3 is 2.44 bits per heavy atom. The van der Waals surface area contributed by atoms with Gasteiger partial charge in [-0.2, -0.15) is 0 Å². The van der Waals surface area contributed by atoms with Crippen LogP contribution in [0, 0.1) is 0 Å². The van der Waals surface area contributed by atoms with Gasteiger partial charge in [-0.25, -0.2) is 17.9 Å². The fourth-order valence-corrected chi connectivity index (χ4v) is 3.39. The van der Waals surface area contributed by atoms with E-state index in [1.54, 1.807) is 0 Å². The van der Waals surface area contributed by atoms with Gasteiger partial charge in [0.25, 0.3) is 0 Å². The van der Waals surface area contributed by atoms with Crippen molar-refractivity contribution < 1.29 is 22.7 Å². The Kier molecular flexibility index (Phi) is 7.12. The Hall–Kier alpha value is -1.74. The molecule has 0 amide bonds. The first-order chi connectivity index (χ1) is 11.9. The topological polar surface area (TPSA) is 81.7 Å². The van der Waals surface area contributed by atoms with E-state index in [9.17, 15) is 13.2 Å². The van der Waals surface area contributed by atoms with Crippen molar-refractivity contribution in [3.63, 3.8) is 0 Å². The molecule has 25 heavy (non-hydrogen) atoms. The number of hydrogen-bond acceptors (Lipinski definition) is 5. The summed E-state index contributed by atoms with van der Waals surface area (Å²) in [6.45, 7) is 0.576. The lowest BCUT2D eigenvalue weighted by molar-refractivity contribution is 0.0472. The number of sulfonamides is 1. The molecule has 1 N–H and O–H groups in total. The normalized spacial score (nSPS) is 11.3. The molecule has 8 heteroatoms. The van der Waals surface area contributed by atoms with Gasteiger partial charge in [0.15, 0.2) is 0 Å². The summed E-state index contributed by atoms with van der Waals surface area (Å²) in [4.78, 5) is 12.2. The fraction of sp³-hybridized carbons (Fsp3) is 0.235. The molecule has 0 atom stereocenters. The standard InChI is InChI=1S/C17H18BrNO5S/c1-23-11-10-19-25(21,22)15-8-6-13(7-9-15)17(20)24-12-14-4-2-3-5-16(14)18/h2-9,19H,10-12H2,1H3. The van der Waals surface area contributed by atoms with Crippen molar-refractivity contribution in [2.45, 2.75) is 11.5 Å². The van der Waals surface area contributed by atoms with Gasteiger partial charge < -0.3 is 9.47 Å². The monoisotopic (exact) mass is 427 g/mol. The second-order valence-corrected chi connectivity index (χ2v) is 7.70. The summed E-state index contributed by atoms with van der Waals surface area (Å²) < 4.78 is 37.4. The van der Waals surface area contributed by atoms with E-state index in [-0.39, 0.29) is 30.2 Å². The smallest absolute Gasteiger partial charge is 0.338 e. The molecule has 0 fully saturated rings. The molecule has 0 saturated carbocycles. The van der Waals surface area contributed by atoms with E-state index in [0.29, 0.717) is 0 Å². The highest BCUT2D eigenvalue weighted by Gasteiger charge is 2.15. The number of carbonyl (C=O) groups excluding carboxylic acids is 1. The summed E-state index contributed by atoms with van der Waals surface area (Å²) in [6.07, 6.45) is 0. The van der Waals surface area contributed by atoms with Crippen LogP contribution in [0.3, 0.4) is 0 Å². The molecule has 0 saturated heterocycles. The highest BCUT2D eigenvalue weighted by Crippen LogP contribution is 2.18. The van der Waals surface area contributed by atoms with Crippen LogP contribution < -0.4 is 4.72 Å². The Morgan fingerprint density at radius 1 is 1.12 bits per heavy atom. The van der Waals surface area contributed by atoms with Crippen molar-refractivity contribution in [1.29, 1.82) is 0 Å². The van der Waals surface area contributed by atoms with E-state index in [4.69, 9.17) is 9.47 Å². The zero-order valence-corrected chi connectivity index (χ0v) is 16.0. The molecule has 0 heterocycles. The van der Waals surface area contributed by atoms with E-state index in [0.717, 1.165) is 10.0 Å². The molecule has 0 aliphatic heterocycles. The summed E-state index contributed by atoms with van der Waals surface area (Å²) in [5, 5.41) is 0. The quantitative estimate of drug-likeness (QED) is 0.517. The summed E-state index contributed by atoms with van der Waals surface area (Å²) in [5.74, 6) is -0.521. The number of ether oxygens (including phenoxy) is 2. The summed E-state index contributed by atoms with van der Waals surface area (Å²) in [7, 11) is -2.14. The number of halogens is 1. The SMILES string of the molecule is COCCNS(=O)(=O)c1ccc(C(=O)OCc2ccccc2Br)cc1. The van der Waals surface area contributed by atoms with Crippen LogP contribution in [-0.2, 0) is 26.1 Å². The maximum absolute atomic E-state index is 12.1. The fourth-order valence-electron chi connectivity index (χ4n) is 1.97. The molecule has 0 bridgehead atoms. The Balaban J connectivity index is 1.99. The van der Waals surface area contributed by atoms with Gasteiger partial charge in [-0.3, -0.25) is 0 Å². The van der Waals surface area contributed by atoms with Crippen LogP contribution in [0.15, 0.2) is 57.9 Å². The molecule has 0 radical (unpaired) electrons. The molecular weight excluding hydrogens is 410 g/mol. The van der Waals surface area contributed by atoms with Crippen molar-refractivity contribution in [2.75, 3.05) is 20.3 Å². The summed E-state index contributed by atoms with van der Waals surface area (Å²) in [6, 6.07) is 13.0. The average molecular weight is 428 g/mol. The van der Waals surface area contributed by atoms with E-state index >= 15 is 0 Å². The molecule has 134 valence electrons. The maximum atomic E-state index is 12.1. The third kappa shape index (κ3) is 5.64. The van der Waals surface area contributed by atoms with Crippen LogP contribution in [0.5, 0.6) is 0 Å². The number of carbonyl (C=O) groups is 1. The van der Waals surface area contributed by atoms with Crippen molar-refractivity contribution in [3.8, 4) is 0 Å². The number of methoxy groups -OCH3 is 1. The van der Waals surface area contributed by atoms with Gasteiger partial charge in [0.1, 0.15) is 6.61 Å².